The highest BCUT2D eigenvalue weighted by Crippen LogP contribution is 2.17. The van der Waals surface area contributed by atoms with Crippen molar-refractivity contribution < 1.29 is 4.74 Å². The van der Waals surface area contributed by atoms with Crippen molar-refractivity contribution in [2.45, 2.75) is 40.2 Å². The van der Waals surface area contributed by atoms with Crippen LogP contribution in [-0.2, 0) is 6.42 Å². The number of hydrogen-bond acceptors (Lipinski definition) is 4. The number of anilines is 1. The normalized spacial score (nSPS) is 12.6. The molecule has 1 heterocycles. The van der Waals surface area contributed by atoms with Crippen LogP contribution in [0.5, 0.6) is 5.88 Å². The molecule has 0 fully saturated rings. The fourth-order valence-corrected chi connectivity index (χ4v) is 1.15. The zero-order chi connectivity index (χ0) is 12.1. The Morgan fingerprint density at radius 3 is 2.50 bits per heavy atom. The maximum Gasteiger partial charge on any atom is 0.218 e. The first-order chi connectivity index (χ1) is 7.56. The van der Waals surface area contributed by atoms with E-state index >= 15 is 0 Å². The van der Waals surface area contributed by atoms with Gasteiger partial charge in [-0.15, -0.1) is 0 Å². The third-order valence-electron chi connectivity index (χ3n) is 2.57. The molecule has 0 radical (unpaired) electrons. The van der Waals surface area contributed by atoms with Gasteiger partial charge in [-0.25, -0.2) is 4.98 Å². The molecule has 0 saturated carbocycles. The zero-order valence-electron chi connectivity index (χ0n) is 10.7. The highest BCUT2D eigenvalue weighted by atomic mass is 16.5. The molecule has 0 aliphatic carbocycles. The molecule has 1 rings (SSSR count). The maximum absolute atomic E-state index is 5.77. The summed E-state index contributed by atoms with van der Waals surface area (Å²) in [6, 6.07) is 1.83. The third-order valence-corrected chi connectivity index (χ3v) is 2.57. The first-order valence-corrected chi connectivity index (χ1v) is 5.79. The molecule has 16 heavy (non-hydrogen) atoms. The molecule has 0 aliphatic heterocycles. The summed E-state index contributed by atoms with van der Waals surface area (Å²) >= 11 is 0. The van der Waals surface area contributed by atoms with Crippen LogP contribution in [0, 0.1) is 5.92 Å². The Morgan fingerprint density at radius 1 is 1.31 bits per heavy atom. The zero-order valence-corrected chi connectivity index (χ0v) is 10.7. The summed E-state index contributed by atoms with van der Waals surface area (Å²) in [5.41, 5.74) is 0. The number of ether oxygens (including phenoxy) is 1. The molecule has 0 bridgehead atoms. The van der Waals surface area contributed by atoms with Crippen LogP contribution in [0.25, 0.3) is 0 Å². The molecular weight excluding hydrogens is 202 g/mol. The standard InChI is InChI=1S/C12H21N3O/c1-6-10-14-11(13-5)7-12(15-10)16-9(4)8(2)3/h7-9H,6H2,1-5H3,(H,13,14,15). The number of aromatic nitrogens is 2. The Bertz CT molecular complexity index is 317. The second-order valence-corrected chi connectivity index (χ2v) is 4.18. The second-order valence-electron chi connectivity index (χ2n) is 4.18. The van der Waals surface area contributed by atoms with Gasteiger partial charge in [-0.3, -0.25) is 0 Å². The van der Waals surface area contributed by atoms with Crippen molar-refractivity contribution in [3.63, 3.8) is 0 Å². The van der Waals surface area contributed by atoms with Gasteiger partial charge in [-0.2, -0.15) is 4.98 Å². The van der Waals surface area contributed by atoms with Gasteiger partial charge in [-0.05, 0) is 12.8 Å². The van der Waals surface area contributed by atoms with E-state index in [4.69, 9.17) is 4.74 Å². The van der Waals surface area contributed by atoms with E-state index < -0.39 is 0 Å². The van der Waals surface area contributed by atoms with E-state index in [0.29, 0.717) is 11.8 Å². The van der Waals surface area contributed by atoms with Crippen LogP contribution < -0.4 is 10.1 Å². The minimum atomic E-state index is 0.157. The van der Waals surface area contributed by atoms with Gasteiger partial charge in [0, 0.05) is 19.5 Å². The van der Waals surface area contributed by atoms with E-state index in [1.54, 1.807) is 0 Å². The number of aryl methyl sites for hydroxylation is 1. The molecule has 1 unspecified atom stereocenters. The van der Waals surface area contributed by atoms with Crippen LogP contribution in [0.2, 0.25) is 0 Å². The molecule has 1 atom stereocenters. The smallest absolute Gasteiger partial charge is 0.218 e. The lowest BCUT2D eigenvalue weighted by Gasteiger charge is -2.17. The molecule has 1 aromatic rings. The second kappa shape index (κ2) is 5.68. The lowest BCUT2D eigenvalue weighted by molar-refractivity contribution is 0.163. The molecule has 0 aliphatic rings. The van der Waals surface area contributed by atoms with Gasteiger partial charge >= 0.3 is 0 Å². The molecule has 4 nitrogen and oxygen atoms in total. The Morgan fingerprint density at radius 2 is 2.00 bits per heavy atom. The first kappa shape index (κ1) is 12.7. The van der Waals surface area contributed by atoms with Crippen LogP contribution >= 0.6 is 0 Å². The Labute approximate surface area is 97.5 Å². The highest BCUT2D eigenvalue weighted by molar-refractivity contribution is 5.37. The lowest BCUT2D eigenvalue weighted by Crippen LogP contribution is -2.19. The van der Waals surface area contributed by atoms with E-state index in [0.717, 1.165) is 18.1 Å². The van der Waals surface area contributed by atoms with Crippen molar-refractivity contribution >= 4 is 5.82 Å². The van der Waals surface area contributed by atoms with Crippen molar-refractivity contribution in [1.29, 1.82) is 0 Å². The van der Waals surface area contributed by atoms with Gasteiger partial charge in [0.2, 0.25) is 5.88 Å². The molecule has 0 saturated heterocycles. The largest absolute Gasteiger partial charge is 0.474 e. The molecule has 0 spiro atoms. The summed E-state index contributed by atoms with van der Waals surface area (Å²) in [5.74, 6) is 2.73. The Kier molecular flexibility index (Phi) is 4.52. The van der Waals surface area contributed by atoms with Gasteiger partial charge in [0.25, 0.3) is 0 Å². The molecule has 1 N–H and O–H groups in total. The molecule has 0 aromatic carbocycles. The fourth-order valence-electron chi connectivity index (χ4n) is 1.15. The van der Waals surface area contributed by atoms with Gasteiger partial charge in [0.15, 0.2) is 0 Å². The van der Waals surface area contributed by atoms with Crippen molar-refractivity contribution in [1.82, 2.24) is 9.97 Å². The minimum Gasteiger partial charge on any atom is -0.474 e. The summed E-state index contributed by atoms with van der Waals surface area (Å²) in [4.78, 5) is 8.67. The summed E-state index contributed by atoms with van der Waals surface area (Å²) < 4.78 is 5.77. The SMILES string of the molecule is CCc1nc(NC)cc(OC(C)C(C)C)n1. The topological polar surface area (TPSA) is 47.0 Å². The first-order valence-electron chi connectivity index (χ1n) is 5.79. The van der Waals surface area contributed by atoms with Crippen LogP contribution in [0.4, 0.5) is 5.82 Å². The van der Waals surface area contributed by atoms with Gasteiger partial charge in [-0.1, -0.05) is 20.8 Å². The maximum atomic E-state index is 5.77. The summed E-state index contributed by atoms with van der Waals surface area (Å²) in [6.45, 7) is 8.35. The number of hydrogen-bond donors (Lipinski definition) is 1. The number of nitrogens with one attached hydrogen (secondary N) is 1. The van der Waals surface area contributed by atoms with Crippen LogP contribution in [0.15, 0.2) is 6.07 Å². The summed E-state index contributed by atoms with van der Waals surface area (Å²) in [7, 11) is 1.84. The van der Waals surface area contributed by atoms with Crippen LogP contribution in [-0.4, -0.2) is 23.1 Å². The van der Waals surface area contributed by atoms with Gasteiger partial charge in [0.05, 0.1) is 6.10 Å². The molecular formula is C12H21N3O. The van der Waals surface area contributed by atoms with E-state index in [1.165, 1.54) is 0 Å². The fraction of sp³-hybridized carbons (Fsp3) is 0.667. The summed E-state index contributed by atoms with van der Waals surface area (Å²) in [5, 5.41) is 3.01. The molecule has 0 amide bonds. The van der Waals surface area contributed by atoms with Gasteiger partial charge in [0.1, 0.15) is 11.6 Å². The lowest BCUT2D eigenvalue weighted by atomic mass is 10.1. The Hall–Kier alpha value is -1.32. The van der Waals surface area contributed by atoms with Crippen LogP contribution in [0.3, 0.4) is 0 Å². The van der Waals surface area contributed by atoms with E-state index in [9.17, 15) is 0 Å². The minimum absolute atomic E-state index is 0.157. The predicted molar refractivity (Wildman–Crippen MR) is 65.9 cm³/mol. The monoisotopic (exact) mass is 223 g/mol. The van der Waals surface area contributed by atoms with Crippen LogP contribution in [0.1, 0.15) is 33.5 Å². The average Bonchev–Trinajstić information content (AvgIpc) is 2.28. The molecule has 90 valence electrons. The highest BCUT2D eigenvalue weighted by Gasteiger charge is 2.11. The van der Waals surface area contributed by atoms with E-state index in [2.05, 4.69) is 36.1 Å². The van der Waals surface area contributed by atoms with Crippen molar-refractivity contribution in [2.24, 2.45) is 5.92 Å². The Balaban J connectivity index is 2.86. The predicted octanol–water partition coefficient (Wildman–Crippen LogP) is 2.50. The van der Waals surface area contributed by atoms with Crippen molar-refractivity contribution in [2.75, 3.05) is 12.4 Å². The number of rotatable bonds is 5. The number of nitrogens with zero attached hydrogens (tertiary/aromatic N) is 2. The molecule has 1 aromatic heterocycles. The third kappa shape index (κ3) is 3.36. The summed E-state index contributed by atoms with van der Waals surface area (Å²) in [6.07, 6.45) is 0.964. The van der Waals surface area contributed by atoms with Gasteiger partial charge < -0.3 is 10.1 Å². The van der Waals surface area contributed by atoms with Crippen molar-refractivity contribution in [3.05, 3.63) is 11.9 Å². The quantitative estimate of drug-likeness (QED) is 0.833. The molecule has 4 heteroatoms. The van der Waals surface area contributed by atoms with Crippen molar-refractivity contribution in [3.8, 4) is 5.88 Å². The van der Waals surface area contributed by atoms with E-state index in [1.807, 2.05) is 20.0 Å². The van der Waals surface area contributed by atoms with E-state index in [-0.39, 0.29) is 6.10 Å². The average molecular weight is 223 g/mol.